The predicted molar refractivity (Wildman–Crippen MR) is 81.7 cm³/mol. The Morgan fingerprint density at radius 2 is 1.75 bits per heavy atom. The lowest BCUT2D eigenvalue weighted by molar-refractivity contribution is 0.207. The first kappa shape index (κ1) is 15.3. The maximum Gasteiger partial charge on any atom is 0.320 e. The van der Waals surface area contributed by atoms with E-state index < -0.39 is 0 Å². The third-order valence-electron chi connectivity index (χ3n) is 3.37. The van der Waals surface area contributed by atoms with Crippen molar-refractivity contribution in [3.63, 3.8) is 0 Å². The van der Waals surface area contributed by atoms with E-state index in [9.17, 15) is 0 Å². The van der Waals surface area contributed by atoms with Crippen molar-refractivity contribution in [2.24, 2.45) is 0 Å². The molecule has 0 saturated carbocycles. The van der Waals surface area contributed by atoms with Crippen LogP contribution in [0.25, 0.3) is 0 Å². The van der Waals surface area contributed by atoms with Crippen LogP contribution in [-0.2, 0) is 0 Å². The van der Waals surface area contributed by atoms with Gasteiger partial charge in [0.05, 0.1) is 6.10 Å². The molecule has 1 aromatic rings. The van der Waals surface area contributed by atoms with Crippen LogP contribution in [0.2, 0.25) is 5.15 Å². The smallest absolute Gasteiger partial charge is 0.320 e. The second kappa shape index (κ2) is 6.59. The highest BCUT2D eigenvalue weighted by Gasteiger charge is 2.21. The fourth-order valence-corrected chi connectivity index (χ4v) is 2.45. The van der Waals surface area contributed by atoms with Gasteiger partial charge >= 0.3 is 6.01 Å². The maximum absolute atomic E-state index is 6.06. The first-order chi connectivity index (χ1) is 9.45. The van der Waals surface area contributed by atoms with Gasteiger partial charge in [-0.15, -0.1) is 0 Å². The SMILES string of the molecule is CC(C)Oc1nc(Cl)cc(N2CCN(C(C)C)CC2)n1. The number of hydrogen-bond acceptors (Lipinski definition) is 5. The van der Waals surface area contributed by atoms with E-state index in [1.165, 1.54) is 0 Å². The minimum absolute atomic E-state index is 0.0408. The molecule has 112 valence electrons. The Hall–Kier alpha value is -1.07. The molecule has 0 aromatic carbocycles. The molecule has 20 heavy (non-hydrogen) atoms. The van der Waals surface area contributed by atoms with Gasteiger partial charge in [-0.05, 0) is 27.7 Å². The fraction of sp³-hybridized carbons (Fsp3) is 0.714. The molecule has 6 heteroatoms. The molecule has 5 nitrogen and oxygen atoms in total. The Kier molecular flexibility index (Phi) is 5.05. The average Bonchev–Trinajstić information content (AvgIpc) is 2.37. The summed E-state index contributed by atoms with van der Waals surface area (Å²) in [5.41, 5.74) is 0. The Morgan fingerprint density at radius 1 is 1.10 bits per heavy atom. The molecule has 0 radical (unpaired) electrons. The number of halogens is 1. The van der Waals surface area contributed by atoms with Crippen molar-refractivity contribution >= 4 is 17.4 Å². The fourth-order valence-electron chi connectivity index (χ4n) is 2.28. The molecule has 1 saturated heterocycles. The summed E-state index contributed by atoms with van der Waals surface area (Å²) in [6.07, 6.45) is 0.0408. The Bertz CT molecular complexity index is 445. The van der Waals surface area contributed by atoms with Crippen LogP contribution in [0.4, 0.5) is 5.82 Å². The maximum atomic E-state index is 6.06. The van der Waals surface area contributed by atoms with Gasteiger partial charge in [-0.1, -0.05) is 11.6 Å². The number of anilines is 1. The van der Waals surface area contributed by atoms with Crippen molar-refractivity contribution < 1.29 is 4.74 Å². The molecular formula is C14H23ClN4O. The molecule has 2 heterocycles. The molecule has 0 N–H and O–H groups in total. The molecule has 1 aliphatic rings. The molecule has 0 atom stereocenters. The topological polar surface area (TPSA) is 41.5 Å². The molecule has 1 aliphatic heterocycles. The third-order valence-corrected chi connectivity index (χ3v) is 3.56. The van der Waals surface area contributed by atoms with E-state index in [-0.39, 0.29) is 6.10 Å². The van der Waals surface area contributed by atoms with Gasteiger partial charge in [0.1, 0.15) is 11.0 Å². The highest BCUT2D eigenvalue weighted by atomic mass is 35.5. The molecule has 1 fully saturated rings. The molecule has 1 aromatic heterocycles. The average molecular weight is 299 g/mol. The van der Waals surface area contributed by atoms with Crippen LogP contribution in [-0.4, -0.2) is 53.2 Å². The van der Waals surface area contributed by atoms with Crippen LogP contribution < -0.4 is 9.64 Å². The highest BCUT2D eigenvalue weighted by molar-refractivity contribution is 6.29. The van der Waals surface area contributed by atoms with Crippen molar-refractivity contribution in [1.29, 1.82) is 0 Å². The Balaban J connectivity index is 2.07. The van der Waals surface area contributed by atoms with Crippen LogP contribution >= 0.6 is 11.6 Å². The lowest BCUT2D eigenvalue weighted by Crippen LogP contribution is -2.49. The minimum Gasteiger partial charge on any atom is -0.461 e. The standard InChI is InChI=1S/C14H23ClN4O/c1-10(2)18-5-7-19(8-6-18)13-9-12(15)16-14(17-13)20-11(3)4/h9-11H,5-8H2,1-4H3. The van der Waals surface area contributed by atoms with Crippen LogP contribution in [0.15, 0.2) is 6.07 Å². The zero-order valence-electron chi connectivity index (χ0n) is 12.6. The first-order valence-corrected chi connectivity index (χ1v) is 7.53. The number of piperazine rings is 1. The van der Waals surface area contributed by atoms with Gasteiger partial charge in [0.2, 0.25) is 0 Å². The number of aromatic nitrogens is 2. The van der Waals surface area contributed by atoms with Crippen LogP contribution in [0, 0.1) is 0 Å². The van der Waals surface area contributed by atoms with E-state index in [4.69, 9.17) is 16.3 Å². The number of hydrogen-bond donors (Lipinski definition) is 0. The summed E-state index contributed by atoms with van der Waals surface area (Å²) in [4.78, 5) is 13.3. The summed E-state index contributed by atoms with van der Waals surface area (Å²) >= 11 is 6.06. The Labute approximate surface area is 125 Å². The number of ether oxygens (including phenoxy) is 1. The minimum atomic E-state index is 0.0408. The zero-order chi connectivity index (χ0) is 14.7. The second-order valence-electron chi connectivity index (χ2n) is 5.61. The van der Waals surface area contributed by atoms with Crippen molar-refractivity contribution in [2.75, 3.05) is 31.1 Å². The predicted octanol–water partition coefficient (Wildman–Crippen LogP) is 2.45. The van der Waals surface area contributed by atoms with Gasteiger partial charge in [-0.25, -0.2) is 0 Å². The molecular weight excluding hydrogens is 276 g/mol. The summed E-state index contributed by atoms with van der Waals surface area (Å²) in [5.74, 6) is 0.851. The van der Waals surface area contributed by atoms with Gasteiger partial charge in [-0.3, -0.25) is 4.90 Å². The first-order valence-electron chi connectivity index (χ1n) is 7.16. The summed E-state index contributed by atoms with van der Waals surface area (Å²) < 4.78 is 5.54. The molecule has 0 amide bonds. The second-order valence-corrected chi connectivity index (χ2v) is 6.00. The summed E-state index contributed by atoms with van der Waals surface area (Å²) in [6, 6.07) is 2.75. The highest BCUT2D eigenvalue weighted by Crippen LogP contribution is 2.21. The zero-order valence-corrected chi connectivity index (χ0v) is 13.4. The Morgan fingerprint density at radius 3 is 2.30 bits per heavy atom. The van der Waals surface area contributed by atoms with Gasteiger partial charge in [0.15, 0.2) is 0 Å². The van der Waals surface area contributed by atoms with E-state index in [1.807, 2.05) is 13.8 Å². The largest absolute Gasteiger partial charge is 0.461 e. The van der Waals surface area contributed by atoms with E-state index >= 15 is 0 Å². The van der Waals surface area contributed by atoms with Gasteiger partial charge in [-0.2, -0.15) is 9.97 Å². The van der Waals surface area contributed by atoms with Crippen LogP contribution in [0.5, 0.6) is 6.01 Å². The van der Waals surface area contributed by atoms with E-state index in [0.717, 1.165) is 32.0 Å². The quantitative estimate of drug-likeness (QED) is 0.799. The lowest BCUT2D eigenvalue weighted by atomic mass is 10.2. The van der Waals surface area contributed by atoms with Crippen molar-refractivity contribution in [3.8, 4) is 6.01 Å². The molecule has 0 unspecified atom stereocenters. The van der Waals surface area contributed by atoms with Gasteiger partial charge in [0.25, 0.3) is 0 Å². The van der Waals surface area contributed by atoms with Crippen molar-refractivity contribution in [3.05, 3.63) is 11.2 Å². The molecule has 0 bridgehead atoms. The van der Waals surface area contributed by atoms with Gasteiger partial charge < -0.3 is 9.64 Å². The molecule has 2 rings (SSSR count). The van der Waals surface area contributed by atoms with E-state index in [1.54, 1.807) is 6.07 Å². The van der Waals surface area contributed by atoms with E-state index in [0.29, 0.717) is 17.2 Å². The van der Waals surface area contributed by atoms with Crippen LogP contribution in [0.1, 0.15) is 27.7 Å². The summed E-state index contributed by atoms with van der Waals surface area (Å²) in [6.45, 7) is 12.3. The lowest BCUT2D eigenvalue weighted by Gasteiger charge is -2.37. The number of nitrogens with zero attached hydrogens (tertiary/aromatic N) is 4. The van der Waals surface area contributed by atoms with E-state index in [2.05, 4.69) is 33.6 Å². The molecule has 0 aliphatic carbocycles. The molecule has 0 spiro atoms. The van der Waals surface area contributed by atoms with Crippen molar-refractivity contribution in [1.82, 2.24) is 14.9 Å². The normalized spacial score (nSPS) is 17.1. The third kappa shape index (κ3) is 3.96. The summed E-state index contributed by atoms with van der Waals surface area (Å²) in [7, 11) is 0. The van der Waals surface area contributed by atoms with Crippen LogP contribution in [0.3, 0.4) is 0 Å². The summed E-state index contributed by atoms with van der Waals surface area (Å²) in [5, 5.41) is 0.428. The van der Waals surface area contributed by atoms with Crippen molar-refractivity contribution in [2.45, 2.75) is 39.8 Å². The van der Waals surface area contributed by atoms with Gasteiger partial charge in [0, 0.05) is 38.3 Å². The monoisotopic (exact) mass is 298 g/mol. The number of rotatable bonds is 4.